The van der Waals surface area contributed by atoms with Crippen LogP contribution in [0.1, 0.15) is 30.5 Å². The summed E-state index contributed by atoms with van der Waals surface area (Å²) in [6.07, 6.45) is 1.73. The van der Waals surface area contributed by atoms with E-state index in [1.165, 1.54) is 0 Å². The van der Waals surface area contributed by atoms with Crippen LogP contribution in [-0.4, -0.2) is 41.3 Å². The minimum Gasteiger partial charge on any atom is -0.493 e. The lowest BCUT2D eigenvalue weighted by Gasteiger charge is -2.25. The Morgan fingerprint density at radius 1 is 1.10 bits per heavy atom. The molecule has 8 heteroatoms. The fourth-order valence-corrected chi connectivity index (χ4v) is 4.00. The minimum atomic E-state index is -3.63. The highest BCUT2D eigenvalue weighted by Crippen LogP contribution is 2.31. The summed E-state index contributed by atoms with van der Waals surface area (Å²) in [5, 5.41) is 2.92. The average Bonchev–Trinajstić information content (AvgIpc) is 2.69. The minimum absolute atomic E-state index is 0.291. The lowest BCUT2D eigenvalue weighted by atomic mass is 10.0. The summed E-state index contributed by atoms with van der Waals surface area (Å²) in [5.74, 6) is 0.774. The van der Waals surface area contributed by atoms with E-state index in [1.807, 2.05) is 38.1 Å². The molecule has 0 heterocycles. The zero-order valence-corrected chi connectivity index (χ0v) is 18.2. The normalized spacial score (nSPS) is 12.2. The monoisotopic (exact) mass is 420 g/mol. The van der Waals surface area contributed by atoms with E-state index < -0.39 is 10.0 Å². The predicted molar refractivity (Wildman–Crippen MR) is 114 cm³/mol. The fourth-order valence-electron chi connectivity index (χ4n) is 3.09. The van der Waals surface area contributed by atoms with E-state index in [0.717, 1.165) is 21.7 Å². The number of aryl methyl sites for hydroxylation is 1. The van der Waals surface area contributed by atoms with Crippen molar-refractivity contribution < 1.29 is 22.7 Å². The molecule has 0 aliphatic heterocycles. The van der Waals surface area contributed by atoms with Gasteiger partial charge in [-0.05, 0) is 42.7 Å². The Kier molecular flexibility index (Phi) is 7.50. The van der Waals surface area contributed by atoms with Gasteiger partial charge in [-0.1, -0.05) is 31.2 Å². The molecule has 0 radical (unpaired) electrons. The molecule has 0 bridgehead atoms. The number of hydrogen-bond donors (Lipinski definition) is 1. The van der Waals surface area contributed by atoms with E-state index >= 15 is 0 Å². The SMILES string of the molecule is CC[C@H](NC(=O)CN(c1ccccc1C)S(C)(=O)=O)c1ccc(OC)c(OC)c1. The first-order valence-electron chi connectivity index (χ1n) is 9.25. The molecule has 2 aromatic carbocycles. The van der Waals surface area contributed by atoms with Gasteiger partial charge in [-0.15, -0.1) is 0 Å². The Balaban J connectivity index is 2.23. The highest BCUT2D eigenvalue weighted by Gasteiger charge is 2.24. The third-order valence-electron chi connectivity index (χ3n) is 4.63. The first-order valence-corrected chi connectivity index (χ1v) is 11.1. The van der Waals surface area contributed by atoms with Crippen LogP contribution in [0.2, 0.25) is 0 Å². The van der Waals surface area contributed by atoms with E-state index in [2.05, 4.69) is 5.32 Å². The Labute approximate surface area is 172 Å². The topological polar surface area (TPSA) is 84.9 Å². The van der Waals surface area contributed by atoms with Gasteiger partial charge in [-0.2, -0.15) is 0 Å². The number of ether oxygens (including phenoxy) is 2. The van der Waals surface area contributed by atoms with Crippen molar-refractivity contribution in [3.8, 4) is 11.5 Å². The second-order valence-electron chi connectivity index (χ2n) is 6.70. The number of nitrogens with zero attached hydrogens (tertiary/aromatic N) is 1. The Bertz CT molecular complexity index is 959. The standard InChI is InChI=1S/C21H28N2O5S/c1-6-17(16-11-12-19(27-3)20(13-16)28-4)22-21(24)14-23(29(5,25)26)18-10-8-7-9-15(18)2/h7-13,17H,6,14H2,1-5H3,(H,22,24)/t17-/m0/s1. The number of benzene rings is 2. The summed E-state index contributed by atoms with van der Waals surface area (Å²) in [5.41, 5.74) is 2.11. The maximum Gasteiger partial charge on any atom is 0.241 e. The molecule has 2 rings (SSSR count). The lowest BCUT2D eigenvalue weighted by molar-refractivity contribution is -0.120. The van der Waals surface area contributed by atoms with E-state index in [4.69, 9.17) is 9.47 Å². The van der Waals surface area contributed by atoms with Gasteiger partial charge in [0.05, 0.1) is 32.2 Å². The van der Waals surface area contributed by atoms with Gasteiger partial charge in [0.25, 0.3) is 0 Å². The predicted octanol–water partition coefficient (Wildman–Crippen LogP) is 3.05. The summed E-state index contributed by atoms with van der Waals surface area (Å²) >= 11 is 0. The Hall–Kier alpha value is -2.74. The van der Waals surface area contributed by atoms with Crippen LogP contribution in [0.15, 0.2) is 42.5 Å². The third-order valence-corrected chi connectivity index (χ3v) is 5.75. The maximum atomic E-state index is 12.7. The van der Waals surface area contributed by atoms with Gasteiger partial charge in [0.2, 0.25) is 15.9 Å². The highest BCUT2D eigenvalue weighted by atomic mass is 32.2. The molecular formula is C21H28N2O5S. The molecule has 0 saturated carbocycles. The van der Waals surface area contributed by atoms with Gasteiger partial charge >= 0.3 is 0 Å². The molecule has 158 valence electrons. The van der Waals surface area contributed by atoms with Gasteiger partial charge < -0.3 is 14.8 Å². The van der Waals surface area contributed by atoms with Crippen molar-refractivity contribution in [3.05, 3.63) is 53.6 Å². The second-order valence-corrected chi connectivity index (χ2v) is 8.61. The number of sulfonamides is 1. The molecule has 0 fully saturated rings. The molecule has 29 heavy (non-hydrogen) atoms. The number of para-hydroxylation sites is 1. The zero-order valence-electron chi connectivity index (χ0n) is 17.4. The summed E-state index contributed by atoms with van der Waals surface area (Å²) in [6.45, 7) is 3.45. The van der Waals surface area contributed by atoms with Crippen molar-refractivity contribution in [1.82, 2.24) is 5.32 Å². The van der Waals surface area contributed by atoms with Gasteiger partial charge in [0, 0.05) is 0 Å². The van der Waals surface area contributed by atoms with Crippen molar-refractivity contribution in [3.63, 3.8) is 0 Å². The van der Waals surface area contributed by atoms with E-state index in [1.54, 1.807) is 32.4 Å². The van der Waals surface area contributed by atoms with Crippen molar-refractivity contribution in [2.24, 2.45) is 0 Å². The second kappa shape index (κ2) is 9.65. The zero-order chi connectivity index (χ0) is 21.6. The number of amides is 1. The molecule has 1 amide bonds. The number of rotatable bonds is 9. The number of methoxy groups -OCH3 is 2. The van der Waals surface area contributed by atoms with Crippen LogP contribution < -0.4 is 19.1 Å². The highest BCUT2D eigenvalue weighted by molar-refractivity contribution is 7.92. The van der Waals surface area contributed by atoms with Crippen molar-refractivity contribution in [1.29, 1.82) is 0 Å². The Morgan fingerprint density at radius 2 is 1.76 bits per heavy atom. The summed E-state index contributed by atoms with van der Waals surface area (Å²) in [4.78, 5) is 12.7. The smallest absolute Gasteiger partial charge is 0.241 e. The van der Waals surface area contributed by atoms with Crippen molar-refractivity contribution in [2.75, 3.05) is 31.3 Å². The molecule has 0 spiro atoms. The van der Waals surface area contributed by atoms with Gasteiger partial charge in [0.15, 0.2) is 11.5 Å². The first kappa shape index (κ1) is 22.5. The van der Waals surface area contributed by atoms with Gasteiger partial charge in [0.1, 0.15) is 6.54 Å². The van der Waals surface area contributed by atoms with Crippen LogP contribution in [0.25, 0.3) is 0 Å². The Morgan fingerprint density at radius 3 is 2.31 bits per heavy atom. The molecule has 0 unspecified atom stereocenters. The molecular weight excluding hydrogens is 392 g/mol. The van der Waals surface area contributed by atoms with Gasteiger partial charge in [-0.25, -0.2) is 8.42 Å². The molecule has 0 aromatic heterocycles. The van der Waals surface area contributed by atoms with Gasteiger partial charge in [-0.3, -0.25) is 9.10 Å². The molecule has 7 nitrogen and oxygen atoms in total. The van der Waals surface area contributed by atoms with Crippen molar-refractivity contribution in [2.45, 2.75) is 26.3 Å². The van der Waals surface area contributed by atoms with E-state index in [0.29, 0.717) is 23.6 Å². The van der Waals surface area contributed by atoms with E-state index in [9.17, 15) is 13.2 Å². The average molecular weight is 421 g/mol. The number of carbonyl (C=O) groups is 1. The largest absolute Gasteiger partial charge is 0.493 e. The summed E-state index contributed by atoms with van der Waals surface area (Å²) < 4.78 is 36.3. The van der Waals surface area contributed by atoms with Crippen LogP contribution in [0.5, 0.6) is 11.5 Å². The lowest BCUT2D eigenvalue weighted by Crippen LogP contribution is -2.41. The third kappa shape index (κ3) is 5.63. The van der Waals surface area contributed by atoms with Crippen LogP contribution in [0.3, 0.4) is 0 Å². The molecule has 1 atom stereocenters. The van der Waals surface area contributed by atoms with Crippen molar-refractivity contribution >= 4 is 21.6 Å². The van der Waals surface area contributed by atoms with E-state index in [-0.39, 0.29) is 18.5 Å². The fraction of sp³-hybridized carbons (Fsp3) is 0.381. The molecule has 2 aromatic rings. The van der Waals surface area contributed by atoms with Crippen LogP contribution in [0.4, 0.5) is 5.69 Å². The number of anilines is 1. The molecule has 0 saturated heterocycles. The van der Waals surface area contributed by atoms with Crippen LogP contribution in [0, 0.1) is 6.92 Å². The van der Waals surface area contributed by atoms with Crippen LogP contribution >= 0.6 is 0 Å². The number of hydrogen-bond acceptors (Lipinski definition) is 5. The first-order chi connectivity index (χ1) is 13.7. The molecule has 1 N–H and O–H groups in total. The number of carbonyl (C=O) groups excluding carboxylic acids is 1. The quantitative estimate of drug-likeness (QED) is 0.674. The number of nitrogens with one attached hydrogen (secondary N) is 1. The summed E-state index contributed by atoms with van der Waals surface area (Å²) in [7, 11) is -0.520. The van der Waals surface area contributed by atoms with Crippen LogP contribution in [-0.2, 0) is 14.8 Å². The summed E-state index contributed by atoms with van der Waals surface area (Å²) in [6, 6.07) is 12.2. The maximum absolute atomic E-state index is 12.7. The molecule has 0 aliphatic carbocycles. The molecule has 0 aliphatic rings.